The highest BCUT2D eigenvalue weighted by atomic mass is 16.5. The first kappa shape index (κ1) is 15.8. The first-order valence-electron chi connectivity index (χ1n) is 7.01. The van der Waals surface area contributed by atoms with E-state index in [0.29, 0.717) is 18.0 Å². The van der Waals surface area contributed by atoms with E-state index >= 15 is 0 Å². The fourth-order valence-electron chi connectivity index (χ4n) is 1.97. The number of hydrazone groups is 1. The van der Waals surface area contributed by atoms with E-state index in [1.54, 1.807) is 20.2 Å². The van der Waals surface area contributed by atoms with Crippen LogP contribution < -0.4 is 21.0 Å². The second-order valence-electron chi connectivity index (χ2n) is 4.64. The molecule has 3 N–H and O–H groups in total. The summed E-state index contributed by atoms with van der Waals surface area (Å²) in [4.78, 5) is 11.9. The van der Waals surface area contributed by atoms with Gasteiger partial charge in [0.1, 0.15) is 11.6 Å². The number of rotatable bonds is 6. The zero-order valence-electron chi connectivity index (χ0n) is 12.8. The summed E-state index contributed by atoms with van der Waals surface area (Å²) in [5.41, 5.74) is 10.1. The van der Waals surface area contributed by atoms with Crippen molar-refractivity contribution in [3.05, 3.63) is 41.2 Å². The predicted octanol–water partition coefficient (Wildman–Crippen LogP) is 0.890. The largest absolute Gasteiger partial charge is 0.497 e. The minimum absolute atomic E-state index is 0.155. The number of nitrogens with zero attached hydrogens (tertiary/aromatic N) is 1. The molecule has 118 valence electrons. The molecule has 0 amide bonds. The van der Waals surface area contributed by atoms with Crippen molar-refractivity contribution in [2.75, 3.05) is 13.7 Å². The quantitative estimate of drug-likeness (QED) is 0.411. The molecule has 2 rings (SSSR count). The monoisotopic (exact) mass is 304 g/mol. The van der Waals surface area contributed by atoms with Gasteiger partial charge in [0.25, 0.3) is 0 Å². The van der Waals surface area contributed by atoms with E-state index in [0.717, 1.165) is 11.3 Å². The number of hydrogen-bond donors (Lipinski definition) is 3. The van der Waals surface area contributed by atoms with Gasteiger partial charge in [-0.15, -0.1) is 0 Å². The topological polar surface area (TPSA) is 84.0 Å². The number of hydrazine groups is 1. The first-order chi connectivity index (χ1) is 10.7. The van der Waals surface area contributed by atoms with Crippen molar-refractivity contribution < 1.29 is 14.3 Å². The van der Waals surface area contributed by atoms with Gasteiger partial charge >= 0.3 is 5.97 Å². The minimum Gasteiger partial charge on any atom is -0.497 e. The van der Waals surface area contributed by atoms with Crippen LogP contribution >= 0.6 is 0 Å². The van der Waals surface area contributed by atoms with Crippen molar-refractivity contribution in [2.24, 2.45) is 5.10 Å². The Balaban J connectivity index is 2.04. The number of esters is 1. The zero-order chi connectivity index (χ0) is 15.9. The Labute approximate surface area is 129 Å². The maximum Gasteiger partial charge on any atom is 0.339 e. The summed E-state index contributed by atoms with van der Waals surface area (Å²) in [7, 11) is 1.62. The lowest BCUT2D eigenvalue weighted by atomic mass is 10.1. The van der Waals surface area contributed by atoms with Gasteiger partial charge in [-0.2, -0.15) is 5.10 Å². The smallest absolute Gasteiger partial charge is 0.339 e. The van der Waals surface area contributed by atoms with E-state index in [4.69, 9.17) is 9.47 Å². The summed E-state index contributed by atoms with van der Waals surface area (Å²) in [6, 6.07) is 7.31. The number of hydrogen-bond acceptors (Lipinski definition) is 7. The van der Waals surface area contributed by atoms with Crippen molar-refractivity contribution in [2.45, 2.75) is 19.9 Å². The van der Waals surface area contributed by atoms with Gasteiger partial charge in [-0.25, -0.2) is 10.2 Å². The van der Waals surface area contributed by atoms with Gasteiger partial charge in [0.05, 0.1) is 31.5 Å². The van der Waals surface area contributed by atoms with Crippen LogP contribution in [0, 0.1) is 0 Å². The van der Waals surface area contributed by atoms with E-state index < -0.39 is 0 Å². The summed E-state index contributed by atoms with van der Waals surface area (Å²) < 4.78 is 10.1. The molecule has 1 aliphatic heterocycles. The van der Waals surface area contributed by atoms with Gasteiger partial charge in [0.15, 0.2) is 0 Å². The molecule has 0 aliphatic carbocycles. The zero-order valence-corrected chi connectivity index (χ0v) is 12.8. The normalized spacial score (nSPS) is 17.5. The molecule has 1 aliphatic rings. The Morgan fingerprint density at radius 3 is 2.77 bits per heavy atom. The predicted molar refractivity (Wildman–Crippen MR) is 83.1 cm³/mol. The lowest BCUT2D eigenvalue weighted by Gasteiger charge is -2.07. The summed E-state index contributed by atoms with van der Waals surface area (Å²) in [6.45, 7) is 3.96. The second kappa shape index (κ2) is 7.46. The Morgan fingerprint density at radius 1 is 1.41 bits per heavy atom. The van der Waals surface area contributed by atoms with Crippen molar-refractivity contribution in [1.29, 1.82) is 0 Å². The van der Waals surface area contributed by atoms with Crippen LogP contribution in [0.4, 0.5) is 0 Å². The molecule has 0 bridgehead atoms. The fraction of sp³-hybridized carbons (Fsp3) is 0.333. The van der Waals surface area contributed by atoms with Crippen LogP contribution in [0.5, 0.6) is 5.75 Å². The third kappa shape index (κ3) is 3.76. The SMILES string of the molecule is CCOC(=O)C1=C(N/N=C/c2ccc(OC)cc2)NNC1C. The maximum atomic E-state index is 11.9. The molecule has 22 heavy (non-hydrogen) atoms. The van der Waals surface area contributed by atoms with Gasteiger partial charge < -0.3 is 14.9 Å². The molecule has 0 fully saturated rings. The van der Waals surface area contributed by atoms with Gasteiger partial charge in [-0.05, 0) is 43.7 Å². The third-order valence-corrected chi connectivity index (χ3v) is 3.12. The standard InChI is InChI=1S/C15H20N4O3/c1-4-22-15(20)13-10(2)17-19-14(13)18-16-9-11-5-7-12(21-3)8-6-11/h5-10,17-19H,4H2,1-3H3/b16-9+. The number of carbonyl (C=O) groups excluding carboxylic acids is 1. The van der Waals surface area contributed by atoms with E-state index in [2.05, 4.69) is 21.4 Å². The van der Waals surface area contributed by atoms with Crippen LogP contribution in [0.2, 0.25) is 0 Å². The molecule has 1 unspecified atom stereocenters. The number of carbonyl (C=O) groups is 1. The lowest BCUT2D eigenvalue weighted by Crippen LogP contribution is -2.33. The van der Waals surface area contributed by atoms with E-state index in [1.165, 1.54) is 0 Å². The van der Waals surface area contributed by atoms with Crippen LogP contribution in [0.1, 0.15) is 19.4 Å². The molecule has 7 nitrogen and oxygen atoms in total. The fourth-order valence-corrected chi connectivity index (χ4v) is 1.97. The number of benzene rings is 1. The first-order valence-corrected chi connectivity index (χ1v) is 7.01. The van der Waals surface area contributed by atoms with Crippen LogP contribution in [-0.4, -0.2) is 31.9 Å². The molecular formula is C15H20N4O3. The van der Waals surface area contributed by atoms with Gasteiger partial charge in [-0.3, -0.25) is 5.43 Å². The molecule has 0 saturated carbocycles. The van der Waals surface area contributed by atoms with Crippen molar-refractivity contribution in [1.82, 2.24) is 16.3 Å². The van der Waals surface area contributed by atoms with Crippen molar-refractivity contribution >= 4 is 12.2 Å². The van der Waals surface area contributed by atoms with Gasteiger partial charge in [-0.1, -0.05) is 0 Å². The Morgan fingerprint density at radius 2 is 2.14 bits per heavy atom. The van der Waals surface area contributed by atoms with Gasteiger partial charge in [0, 0.05) is 0 Å². The van der Waals surface area contributed by atoms with Crippen molar-refractivity contribution in [3.8, 4) is 5.75 Å². The number of nitrogens with one attached hydrogen (secondary N) is 3. The summed E-state index contributed by atoms with van der Waals surface area (Å²) >= 11 is 0. The molecule has 0 aromatic heterocycles. The summed E-state index contributed by atoms with van der Waals surface area (Å²) in [6.07, 6.45) is 1.65. The third-order valence-electron chi connectivity index (χ3n) is 3.12. The molecule has 1 aromatic carbocycles. The van der Waals surface area contributed by atoms with E-state index in [1.807, 2.05) is 31.2 Å². The Bertz CT molecular complexity index is 581. The molecule has 1 atom stereocenters. The number of ether oxygens (including phenoxy) is 2. The highest BCUT2D eigenvalue weighted by Gasteiger charge is 2.28. The maximum absolute atomic E-state index is 11.9. The summed E-state index contributed by atoms with van der Waals surface area (Å²) in [5, 5.41) is 4.12. The molecule has 0 spiro atoms. The van der Waals surface area contributed by atoms with E-state index in [-0.39, 0.29) is 12.0 Å². The average molecular weight is 304 g/mol. The van der Waals surface area contributed by atoms with Crippen molar-refractivity contribution in [3.63, 3.8) is 0 Å². The van der Waals surface area contributed by atoms with E-state index in [9.17, 15) is 4.79 Å². The molecule has 0 radical (unpaired) electrons. The molecular weight excluding hydrogens is 284 g/mol. The molecule has 0 saturated heterocycles. The van der Waals surface area contributed by atoms with Crippen LogP contribution in [0.3, 0.4) is 0 Å². The van der Waals surface area contributed by atoms with Crippen LogP contribution in [0.25, 0.3) is 0 Å². The number of methoxy groups -OCH3 is 1. The lowest BCUT2D eigenvalue weighted by molar-refractivity contribution is -0.138. The highest BCUT2D eigenvalue weighted by molar-refractivity contribution is 5.91. The summed E-state index contributed by atoms with van der Waals surface area (Å²) in [5.74, 6) is 0.915. The molecule has 1 heterocycles. The second-order valence-corrected chi connectivity index (χ2v) is 4.64. The van der Waals surface area contributed by atoms with Crippen LogP contribution in [-0.2, 0) is 9.53 Å². The average Bonchev–Trinajstić information content (AvgIpc) is 2.89. The van der Waals surface area contributed by atoms with Gasteiger partial charge in [0.2, 0.25) is 0 Å². The highest BCUT2D eigenvalue weighted by Crippen LogP contribution is 2.13. The Kier molecular flexibility index (Phi) is 5.37. The molecule has 1 aromatic rings. The Hall–Kier alpha value is -2.54. The van der Waals surface area contributed by atoms with Crippen LogP contribution in [0.15, 0.2) is 40.8 Å². The minimum atomic E-state index is -0.366. The molecule has 7 heteroatoms.